The van der Waals surface area contributed by atoms with E-state index in [1.54, 1.807) is 6.07 Å². The van der Waals surface area contributed by atoms with Gasteiger partial charge in [-0.2, -0.15) is 13.2 Å². The average molecular weight is 332 g/mol. The van der Waals surface area contributed by atoms with Gasteiger partial charge in [0.2, 0.25) is 0 Å². The minimum Gasteiger partial charge on any atom is -0.479 e. The molecule has 0 aliphatic carbocycles. The number of alkyl halides is 3. The maximum absolute atomic E-state index is 12.3. The summed E-state index contributed by atoms with van der Waals surface area (Å²) in [5.41, 5.74) is 0.287. The van der Waals surface area contributed by atoms with Crippen molar-refractivity contribution in [1.29, 1.82) is 0 Å². The second-order valence-electron chi connectivity index (χ2n) is 5.03. The lowest BCUT2D eigenvalue weighted by molar-refractivity contribution is -0.150. The van der Waals surface area contributed by atoms with E-state index in [1.165, 1.54) is 18.2 Å². The molecule has 3 N–H and O–H groups in total. The van der Waals surface area contributed by atoms with E-state index in [4.69, 9.17) is 9.84 Å². The number of carboxylic acids is 1. The fourth-order valence-corrected chi connectivity index (χ4v) is 2.17. The van der Waals surface area contributed by atoms with Crippen LogP contribution in [0.3, 0.4) is 0 Å². The molecule has 1 heterocycles. The Hall–Kier alpha value is -2.29. The van der Waals surface area contributed by atoms with Crippen molar-refractivity contribution >= 4 is 23.3 Å². The highest BCUT2D eigenvalue weighted by Gasteiger charge is 2.35. The molecular weight excluding hydrogens is 317 g/mol. The van der Waals surface area contributed by atoms with Gasteiger partial charge in [-0.25, -0.2) is 4.79 Å². The predicted molar refractivity (Wildman–Crippen MR) is 75.1 cm³/mol. The first kappa shape index (κ1) is 17.1. The minimum atomic E-state index is -4.39. The molecule has 0 bridgehead atoms. The SMILES string of the molecule is O=C(Nc1ccccc1NCC(F)(F)F)[C@@H]1CC[C@H](C(=O)O)O1. The number of halogens is 3. The Morgan fingerprint density at radius 1 is 1.17 bits per heavy atom. The number of ether oxygens (including phenoxy) is 1. The normalized spacial score (nSPS) is 21.0. The summed E-state index contributed by atoms with van der Waals surface area (Å²) in [6, 6.07) is 5.93. The number of amides is 1. The van der Waals surface area contributed by atoms with Crippen molar-refractivity contribution in [3.63, 3.8) is 0 Å². The van der Waals surface area contributed by atoms with Gasteiger partial charge in [0.25, 0.3) is 5.91 Å². The smallest absolute Gasteiger partial charge is 0.405 e. The van der Waals surface area contributed by atoms with E-state index < -0.39 is 36.8 Å². The molecule has 6 nitrogen and oxygen atoms in total. The van der Waals surface area contributed by atoms with Crippen LogP contribution in [0, 0.1) is 0 Å². The van der Waals surface area contributed by atoms with Crippen LogP contribution in [-0.4, -0.2) is 41.9 Å². The van der Waals surface area contributed by atoms with Gasteiger partial charge in [-0.15, -0.1) is 0 Å². The largest absolute Gasteiger partial charge is 0.479 e. The van der Waals surface area contributed by atoms with Crippen molar-refractivity contribution in [2.24, 2.45) is 0 Å². The molecule has 2 rings (SSSR count). The number of carboxylic acid groups (broad SMARTS) is 1. The highest BCUT2D eigenvalue weighted by molar-refractivity contribution is 5.97. The summed E-state index contributed by atoms with van der Waals surface area (Å²) in [5, 5.41) is 13.5. The van der Waals surface area contributed by atoms with Crippen LogP contribution in [0.15, 0.2) is 24.3 Å². The summed E-state index contributed by atoms with van der Waals surface area (Å²) in [6.07, 6.45) is -5.92. The third-order valence-corrected chi connectivity index (χ3v) is 3.25. The van der Waals surface area contributed by atoms with Crippen LogP contribution in [0.4, 0.5) is 24.5 Å². The fraction of sp³-hybridized carbons (Fsp3) is 0.429. The quantitative estimate of drug-likeness (QED) is 0.770. The number of carbonyl (C=O) groups excluding carboxylic acids is 1. The molecule has 1 aromatic rings. The Bertz CT molecular complexity index is 592. The first-order valence-corrected chi connectivity index (χ1v) is 6.85. The number of hydrogen-bond acceptors (Lipinski definition) is 4. The molecular formula is C14H15F3N2O4. The number of rotatable bonds is 5. The standard InChI is InChI=1S/C14H15F3N2O4/c15-14(16,17)7-18-8-3-1-2-4-9(8)19-12(20)10-5-6-11(23-10)13(21)22/h1-4,10-11,18H,5-7H2,(H,19,20)(H,21,22)/t10-,11+/m0/s1. The Balaban J connectivity index is 2.00. The van der Waals surface area contributed by atoms with Gasteiger partial charge in [0.05, 0.1) is 11.4 Å². The van der Waals surface area contributed by atoms with Crippen LogP contribution in [0.25, 0.3) is 0 Å². The Morgan fingerprint density at radius 3 is 2.35 bits per heavy atom. The second kappa shape index (κ2) is 6.86. The summed E-state index contributed by atoms with van der Waals surface area (Å²) in [7, 11) is 0. The van der Waals surface area contributed by atoms with Gasteiger partial charge in [0.15, 0.2) is 6.10 Å². The Morgan fingerprint density at radius 2 is 1.78 bits per heavy atom. The first-order chi connectivity index (χ1) is 10.8. The molecule has 1 fully saturated rings. The van der Waals surface area contributed by atoms with Crippen molar-refractivity contribution < 1.29 is 32.6 Å². The van der Waals surface area contributed by atoms with Gasteiger partial charge < -0.3 is 20.5 Å². The predicted octanol–water partition coefficient (Wildman–Crippen LogP) is 2.23. The number of benzene rings is 1. The molecule has 0 unspecified atom stereocenters. The summed E-state index contributed by atoms with van der Waals surface area (Å²) in [6.45, 7) is -1.24. The van der Waals surface area contributed by atoms with E-state index in [1.807, 2.05) is 0 Å². The molecule has 0 saturated carbocycles. The first-order valence-electron chi connectivity index (χ1n) is 6.85. The highest BCUT2D eigenvalue weighted by Crippen LogP contribution is 2.26. The third kappa shape index (κ3) is 4.85. The molecule has 23 heavy (non-hydrogen) atoms. The number of anilines is 2. The van der Waals surface area contributed by atoms with Gasteiger partial charge in [0, 0.05) is 0 Å². The van der Waals surface area contributed by atoms with E-state index in [0.717, 1.165) is 0 Å². The lowest BCUT2D eigenvalue weighted by atomic mass is 10.2. The molecule has 1 aromatic carbocycles. The van der Waals surface area contributed by atoms with Crippen molar-refractivity contribution in [1.82, 2.24) is 0 Å². The average Bonchev–Trinajstić information content (AvgIpc) is 2.95. The van der Waals surface area contributed by atoms with Gasteiger partial charge in [-0.05, 0) is 25.0 Å². The highest BCUT2D eigenvalue weighted by atomic mass is 19.4. The van der Waals surface area contributed by atoms with E-state index in [9.17, 15) is 22.8 Å². The number of nitrogens with one attached hydrogen (secondary N) is 2. The zero-order chi connectivity index (χ0) is 17.0. The fourth-order valence-electron chi connectivity index (χ4n) is 2.17. The van der Waals surface area contributed by atoms with Crippen molar-refractivity contribution in [3.05, 3.63) is 24.3 Å². The second-order valence-corrected chi connectivity index (χ2v) is 5.03. The Labute approximate surface area is 129 Å². The maximum Gasteiger partial charge on any atom is 0.405 e. The third-order valence-electron chi connectivity index (χ3n) is 3.25. The molecule has 1 saturated heterocycles. The van der Waals surface area contributed by atoms with Gasteiger partial charge in [0.1, 0.15) is 12.6 Å². The molecule has 126 valence electrons. The number of carbonyl (C=O) groups is 2. The van der Waals surface area contributed by atoms with Crippen LogP contribution >= 0.6 is 0 Å². The van der Waals surface area contributed by atoms with E-state index in [0.29, 0.717) is 0 Å². The van der Waals surface area contributed by atoms with Crippen LogP contribution in [-0.2, 0) is 14.3 Å². The van der Waals surface area contributed by atoms with Crippen LogP contribution in [0.1, 0.15) is 12.8 Å². The molecule has 1 aliphatic heterocycles. The van der Waals surface area contributed by atoms with Crippen molar-refractivity contribution in [2.75, 3.05) is 17.2 Å². The summed E-state index contributed by atoms with van der Waals surface area (Å²) in [5.74, 6) is -1.73. The monoisotopic (exact) mass is 332 g/mol. The van der Waals surface area contributed by atoms with Crippen LogP contribution < -0.4 is 10.6 Å². The van der Waals surface area contributed by atoms with E-state index in [2.05, 4.69) is 10.6 Å². The topological polar surface area (TPSA) is 87.7 Å². The zero-order valence-electron chi connectivity index (χ0n) is 11.9. The molecule has 0 radical (unpaired) electrons. The van der Waals surface area contributed by atoms with Crippen molar-refractivity contribution in [2.45, 2.75) is 31.2 Å². The van der Waals surface area contributed by atoms with Gasteiger partial charge >= 0.3 is 12.1 Å². The minimum absolute atomic E-state index is 0.117. The summed E-state index contributed by atoms with van der Waals surface area (Å²) >= 11 is 0. The molecule has 0 spiro atoms. The zero-order valence-corrected chi connectivity index (χ0v) is 11.9. The van der Waals surface area contributed by atoms with E-state index in [-0.39, 0.29) is 24.2 Å². The molecule has 1 aliphatic rings. The molecule has 0 aromatic heterocycles. The van der Waals surface area contributed by atoms with E-state index >= 15 is 0 Å². The Kier molecular flexibility index (Phi) is 5.09. The van der Waals surface area contributed by atoms with Gasteiger partial charge in [-0.3, -0.25) is 4.79 Å². The molecule has 1 amide bonds. The lowest BCUT2D eigenvalue weighted by Gasteiger charge is -2.16. The molecule has 9 heteroatoms. The molecule has 2 atom stereocenters. The van der Waals surface area contributed by atoms with Crippen molar-refractivity contribution in [3.8, 4) is 0 Å². The number of aliphatic carboxylic acids is 1. The lowest BCUT2D eigenvalue weighted by Crippen LogP contribution is -2.30. The summed E-state index contributed by atoms with van der Waals surface area (Å²) < 4.78 is 41.9. The van der Waals surface area contributed by atoms with Crippen LogP contribution in [0.2, 0.25) is 0 Å². The number of hydrogen-bond donors (Lipinski definition) is 3. The summed E-state index contributed by atoms with van der Waals surface area (Å²) in [4.78, 5) is 22.8. The maximum atomic E-state index is 12.3. The van der Waals surface area contributed by atoms with Gasteiger partial charge in [-0.1, -0.05) is 12.1 Å². The number of para-hydroxylation sites is 2. The van der Waals surface area contributed by atoms with Crippen LogP contribution in [0.5, 0.6) is 0 Å².